The molecule has 1 aliphatic rings. The summed E-state index contributed by atoms with van der Waals surface area (Å²) in [5.41, 5.74) is 0. The van der Waals surface area contributed by atoms with Gasteiger partial charge in [-0.3, -0.25) is 4.79 Å². The van der Waals surface area contributed by atoms with Crippen LogP contribution in [0.3, 0.4) is 0 Å². The van der Waals surface area contributed by atoms with E-state index in [-0.39, 0.29) is 17.7 Å². The van der Waals surface area contributed by atoms with E-state index in [0.717, 1.165) is 37.8 Å². The van der Waals surface area contributed by atoms with Gasteiger partial charge in [-0.2, -0.15) is 0 Å². The van der Waals surface area contributed by atoms with Gasteiger partial charge in [-0.25, -0.2) is 8.78 Å². The lowest BCUT2D eigenvalue weighted by atomic mass is 9.94. The maximum absolute atomic E-state index is 13.1. The molecule has 1 aliphatic carbocycles. The van der Waals surface area contributed by atoms with Gasteiger partial charge in [0.05, 0.1) is 0 Å². The van der Waals surface area contributed by atoms with Crippen LogP contribution in [0.1, 0.15) is 39.0 Å². The second-order valence-corrected chi connectivity index (χ2v) is 5.58. The van der Waals surface area contributed by atoms with Crippen molar-refractivity contribution in [2.45, 2.75) is 51.2 Å². The first-order valence-corrected chi connectivity index (χ1v) is 7.37. The quantitative estimate of drug-likeness (QED) is 0.851. The Morgan fingerprint density at radius 3 is 2.52 bits per heavy atom. The van der Waals surface area contributed by atoms with Crippen molar-refractivity contribution in [3.63, 3.8) is 0 Å². The van der Waals surface area contributed by atoms with Gasteiger partial charge in [0, 0.05) is 19.2 Å². The maximum Gasteiger partial charge on any atom is 0.263 e. The van der Waals surface area contributed by atoms with Gasteiger partial charge in [0.15, 0.2) is 17.7 Å². The Balaban J connectivity index is 1.96. The van der Waals surface area contributed by atoms with E-state index in [9.17, 15) is 13.6 Å². The van der Waals surface area contributed by atoms with Crippen LogP contribution in [-0.4, -0.2) is 30.0 Å². The number of hydrogen-bond acceptors (Lipinski definition) is 2. The number of hydrogen-bond donors (Lipinski definition) is 0. The van der Waals surface area contributed by atoms with Crippen molar-refractivity contribution in [2.75, 3.05) is 7.05 Å². The SMILES string of the molecule is CC(Oc1ccc(F)c(F)c1)C(=O)N(C)C1CCCCC1. The lowest BCUT2D eigenvalue weighted by molar-refractivity contribution is -0.139. The minimum Gasteiger partial charge on any atom is -0.481 e. The highest BCUT2D eigenvalue weighted by Gasteiger charge is 2.26. The molecule has 1 amide bonds. The monoisotopic (exact) mass is 297 g/mol. The molecule has 0 bridgehead atoms. The predicted octanol–water partition coefficient (Wildman–Crippen LogP) is 3.52. The lowest BCUT2D eigenvalue weighted by Crippen LogP contribution is -2.44. The van der Waals surface area contributed by atoms with Crippen LogP contribution in [0.5, 0.6) is 5.75 Å². The lowest BCUT2D eigenvalue weighted by Gasteiger charge is -2.32. The predicted molar refractivity (Wildman–Crippen MR) is 76.1 cm³/mol. The Morgan fingerprint density at radius 1 is 1.24 bits per heavy atom. The summed E-state index contributed by atoms with van der Waals surface area (Å²) < 4.78 is 31.4. The van der Waals surface area contributed by atoms with E-state index in [1.165, 1.54) is 12.5 Å². The molecule has 1 aromatic carbocycles. The maximum atomic E-state index is 13.1. The molecular formula is C16H21F2NO2. The molecule has 0 saturated heterocycles. The van der Waals surface area contributed by atoms with Gasteiger partial charge in [0.2, 0.25) is 0 Å². The van der Waals surface area contributed by atoms with Crippen LogP contribution in [0, 0.1) is 11.6 Å². The Hall–Kier alpha value is -1.65. The van der Waals surface area contributed by atoms with Gasteiger partial charge in [0.25, 0.3) is 5.91 Å². The third-order valence-electron chi connectivity index (χ3n) is 4.02. The average molecular weight is 297 g/mol. The molecule has 3 nitrogen and oxygen atoms in total. The van der Waals surface area contributed by atoms with Gasteiger partial charge >= 0.3 is 0 Å². The van der Waals surface area contributed by atoms with Gasteiger partial charge in [0.1, 0.15) is 5.75 Å². The fourth-order valence-corrected chi connectivity index (χ4v) is 2.74. The Morgan fingerprint density at radius 2 is 1.90 bits per heavy atom. The molecular weight excluding hydrogens is 276 g/mol. The van der Waals surface area contributed by atoms with Crippen LogP contribution < -0.4 is 4.74 Å². The molecule has 0 heterocycles. The molecule has 0 N–H and O–H groups in total. The molecule has 1 fully saturated rings. The summed E-state index contributed by atoms with van der Waals surface area (Å²) >= 11 is 0. The third-order valence-corrected chi connectivity index (χ3v) is 4.02. The smallest absolute Gasteiger partial charge is 0.263 e. The molecule has 0 aliphatic heterocycles. The van der Waals surface area contributed by atoms with E-state index in [1.54, 1.807) is 18.9 Å². The van der Waals surface area contributed by atoms with E-state index < -0.39 is 17.7 Å². The zero-order valence-corrected chi connectivity index (χ0v) is 12.4. The third kappa shape index (κ3) is 3.93. The molecule has 0 radical (unpaired) electrons. The van der Waals surface area contributed by atoms with E-state index >= 15 is 0 Å². The Kier molecular flexibility index (Phi) is 5.15. The van der Waals surface area contributed by atoms with E-state index in [0.29, 0.717) is 0 Å². The van der Waals surface area contributed by atoms with Crippen LogP contribution in [-0.2, 0) is 4.79 Å². The van der Waals surface area contributed by atoms with Crippen LogP contribution >= 0.6 is 0 Å². The summed E-state index contributed by atoms with van der Waals surface area (Å²) in [6, 6.07) is 3.53. The standard InChI is InChI=1S/C16H21F2NO2/c1-11(21-13-8-9-14(17)15(18)10-13)16(20)19(2)12-6-4-3-5-7-12/h8-12H,3-7H2,1-2H3. The van der Waals surface area contributed by atoms with Crippen LogP contribution in [0.25, 0.3) is 0 Å². The number of likely N-dealkylation sites (N-methyl/N-ethyl adjacent to an activating group) is 1. The van der Waals surface area contributed by atoms with Gasteiger partial charge < -0.3 is 9.64 Å². The van der Waals surface area contributed by atoms with Crippen molar-refractivity contribution in [2.24, 2.45) is 0 Å². The molecule has 1 saturated carbocycles. The highest BCUT2D eigenvalue weighted by Crippen LogP contribution is 2.23. The van der Waals surface area contributed by atoms with E-state index in [1.807, 2.05) is 0 Å². The fraction of sp³-hybridized carbons (Fsp3) is 0.562. The topological polar surface area (TPSA) is 29.5 Å². The van der Waals surface area contributed by atoms with Crippen molar-refractivity contribution in [1.29, 1.82) is 0 Å². The normalized spacial score (nSPS) is 17.3. The number of rotatable bonds is 4. The van der Waals surface area contributed by atoms with Crippen LogP contribution in [0.15, 0.2) is 18.2 Å². The molecule has 2 rings (SSSR count). The fourth-order valence-electron chi connectivity index (χ4n) is 2.74. The summed E-state index contributed by atoms with van der Waals surface area (Å²) in [6.07, 6.45) is 4.81. The van der Waals surface area contributed by atoms with E-state index in [4.69, 9.17) is 4.74 Å². The molecule has 21 heavy (non-hydrogen) atoms. The summed E-state index contributed by atoms with van der Waals surface area (Å²) in [7, 11) is 1.78. The van der Waals surface area contributed by atoms with E-state index in [2.05, 4.69) is 0 Å². The number of halogens is 2. The van der Waals surface area contributed by atoms with Crippen LogP contribution in [0.2, 0.25) is 0 Å². The van der Waals surface area contributed by atoms with Crippen molar-refractivity contribution >= 4 is 5.91 Å². The highest BCUT2D eigenvalue weighted by atomic mass is 19.2. The zero-order chi connectivity index (χ0) is 15.4. The van der Waals surface area contributed by atoms with Crippen molar-refractivity contribution in [1.82, 2.24) is 4.90 Å². The van der Waals surface area contributed by atoms with Crippen molar-refractivity contribution < 1.29 is 18.3 Å². The first-order valence-electron chi connectivity index (χ1n) is 7.37. The second kappa shape index (κ2) is 6.87. The molecule has 1 aromatic rings. The number of carbonyl (C=O) groups excluding carboxylic acids is 1. The Bertz CT molecular complexity index is 501. The molecule has 5 heteroatoms. The summed E-state index contributed by atoms with van der Waals surface area (Å²) in [6.45, 7) is 1.63. The van der Waals surface area contributed by atoms with Gasteiger partial charge in [-0.15, -0.1) is 0 Å². The first kappa shape index (κ1) is 15.7. The number of benzene rings is 1. The van der Waals surface area contributed by atoms with Crippen molar-refractivity contribution in [3.8, 4) is 5.75 Å². The van der Waals surface area contributed by atoms with Crippen LogP contribution in [0.4, 0.5) is 8.78 Å². The molecule has 1 unspecified atom stereocenters. The number of nitrogens with zero attached hydrogens (tertiary/aromatic N) is 1. The number of amides is 1. The molecule has 1 atom stereocenters. The average Bonchev–Trinajstić information content (AvgIpc) is 2.50. The molecule has 116 valence electrons. The summed E-state index contributed by atoms with van der Waals surface area (Å²) in [5, 5.41) is 0. The minimum absolute atomic E-state index is 0.133. The molecule has 0 spiro atoms. The van der Waals surface area contributed by atoms with Gasteiger partial charge in [-0.1, -0.05) is 19.3 Å². The molecule has 0 aromatic heterocycles. The first-order chi connectivity index (χ1) is 9.99. The summed E-state index contributed by atoms with van der Waals surface area (Å²) in [5.74, 6) is -1.88. The van der Waals surface area contributed by atoms with Crippen molar-refractivity contribution in [3.05, 3.63) is 29.8 Å². The highest BCUT2D eigenvalue weighted by molar-refractivity contribution is 5.81. The zero-order valence-electron chi connectivity index (χ0n) is 12.4. The largest absolute Gasteiger partial charge is 0.481 e. The number of ether oxygens (including phenoxy) is 1. The number of carbonyl (C=O) groups is 1. The summed E-state index contributed by atoms with van der Waals surface area (Å²) in [4.78, 5) is 14.1. The second-order valence-electron chi connectivity index (χ2n) is 5.58. The minimum atomic E-state index is -0.979. The Labute approximate surface area is 123 Å². The van der Waals surface area contributed by atoms with Gasteiger partial charge in [-0.05, 0) is 31.9 Å².